The second-order valence-corrected chi connectivity index (χ2v) is 8.96. The van der Waals surface area contributed by atoms with Crippen molar-refractivity contribution in [1.29, 1.82) is 0 Å². The number of rotatable bonds is 6. The molecule has 0 bridgehead atoms. The molecule has 2 atom stereocenters. The third-order valence-corrected chi connectivity index (χ3v) is 5.84. The van der Waals surface area contributed by atoms with Gasteiger partial charge in [0, 0.05) is 23.5 Å². The van der Waals surface area contributed by atoms with Gasteiger partial charge >= 0.3 is 6.09 Å². The summed E-state index contributed by atoms with van der Waals surface area (Å²) in [5.41, 5.74) is 2.52. The van der Waals surface area contributed by atoms with E-state index in [-0.39, 0.29) is 18.2 Å². The molecular weight excluding hydrogens is 334 g/mol. The fourth-order valence-corrected chi connectivity index (χ4v) is 4.35. The van der Waals surface area contributed by atoms with E-state index in [1.54, 1.807) is 11.3 Å². The molecular formula is C19H33N3O2S. The zero-order valence-electron chi connectivity index (χ0n) is 16.2. The molecule has 1 amide bonds. The van der Waals surface area contributed by atoms with E-state index in [2.05, 4.69) is 29.5 Å². The maximum Gasteiger partial charge on any atom is 0.407 e. The van der Waals surface area contributed by atoms with E-state index >= 15 is 0 Å². The van der Waals surface area contributed by atoms with Crippen LogP contribution in [0.15, 0.2) is 5.51 Å². The molecule has 5 nitrogen and oxygen atoms in total. The SMILES string of the molecule is Cc1ncsc1C(C)NC(CNC(=O)OC(C)(C)C)C1CCCCC1. The first-order valence-corrected chi connectivity index (χ1v) is 10.3. The van der Waals surface area contributed by atoms with Crippen LogP contribution in [0.5, 0.6) is 0 Å². The van der Waals surface area contributed by atoms with E-state index in [1.165, 1.54) is 37.0 Å². The molecule has 1 aromatic heterocycles. The van der Waals surface area contributed by atoms with Crippen LogP contribution in [0, 0.1) is 12.8 Å². The number of nitrogens with one attached hydrogen (secondary N) is 2. The molecule has 2 unspecified atom stereocenters. The topological polar surface area (TPSA) is 63.2 Å². The van der Waals surface area contributed by atoms with E-state index in [0.717, 1.165) is 5.69 Å². The number of ether oxygens (including phenoxy) is 1. The molecule has 1 aliphatic rings. The van der Waals surface area contributed by atoms with Gasteiger partial charge in [-0.3, -0.25) is 0 Å². The van der Waals surface area contributed by atoms with E-state index in [0.29, 0.717) is 12.5 Å². The number of carbonyl (C=O) groups is 1. The minimum atomic E-state index is -0.467. The predicted octanol–water partition coefficient (Wildman–Crippen LogP) is 4.58. The summed E-state index contributed by atoms with van der Waals surface area (Å²) in [5, 5.41) is 6.71. The number of hydrogen-bond donors (Lipinski definition) is 2. The average Bonchev–Trinajstić information content (AvgIpc) is 2.96. The lowest BCUT2D eigenvalue weighted by Gasteiger charge is -2.33. The number of aromatic nitrogens is 1. The lowest BCUT2D eigenvalue weighted by Crippen LogP contribution is -2.47. The Morgan fingerprint density at radius 3 is 2.60 bits per heavy atom. The molecule has 0 aliphatic heterocycles. The molecule has 0 saturated heterocycles. The Balaban J connectivity index is 1.97. The first-order valence-electron chi connectivity index (χ1n) is 9.39. The summed E-state index contributed by atoms with van der Waals surface area (Å²) in [5.74, 6) is 0.597. The highest BCUT2D eigenvalue weighted by molar-refractivity contribution is 7.09. The molecule has 142 valence electrons. The molecule has 0 spiro atoms. The fraction of sp³-hybridized carbons (Fsp3) is 0.789. The highest BCUT2D eigenvalue weighted by Crippen LogP contribution is 2.29. The number of thiazole rings is 1. The molecule has 0 radical (unpaired) electrons. The van der Waals surface area contributed by atoms with Crippen LogP contribution in [0.3, 0.4) is 0 Å². The van der Waals surface area contributed by atoms with Gasteiger partial charge in [-0.05, 0) is 53.4 Å². The highest BCUT2D eigenvalue weighted by Gasteiger charge is 2.27. The zero-order valence-corrected chi connectivity index (χ0v) is 17.0. The van der Waals surface area contributed by atoms with Crippen LogP contribution >= 0.6 is 11.3 Å². The smallest absolute Gasteiger partial charge is 0.407 e. The average molecular weight is 368 g/mol. The Morgan fingerprint density at radius 2 is 2.04 bits per heavy atom. The first-order chi connectivity index (χ1) is 11.8. The van der Waals surface area contributed by atoms with Crippen LogP contribution in [0.1, 0.15) is 76.4 Å². The molecule has 1 saturated carbocycles. The van der Waals surface area contributed by atoms with E-state index in [9.17, 15) is 4.79 Å². The van der Waals surface area contributed by atoms with Crippen molar-refractivity contribution in [3.63, 3.8) is 0 Å². The van der Waals surface area contributed by atoms with Gasteiger partial charge in [-0.2, -0.15) is 0 Å². The van der Waals surface area contributed by atoms with Gasteiger partial charge in [0.15, 0.2) is 0 Å². The van der Waals surface area contributed by atoms with Crippen LogP contribution < -0.4 is 10.6 Å². The summed E-state index contributed by atoms with van der Waals surface area (Å²) < 4.78 is 5.39. The minimum absolute atomic E-state index is 0.236. The van der Waals surface area contributed by atoms with Gasteiger partial charge in [-0.1, -0.05) is 19.3 Å². The van der Waals surface area contributed by atoms with Gasteiger partial charge < -0.3 is 15.4 Å². The van der Waals surface area contributed by atoms with Crippen LogP contribution in [0.2, 0.25) is 0 Å². The maximum absolute atomic E-state index is 12.0. The Labute approximate surface area is 155 Å². The molecule has 1 heterocycles. The van der Waals surface area contributed by atoms with E-state index in [4.69, 9.17) is 4.74 Å². The van der Waals surface area contributed by atoms with Gasteiger partial charge in [0.1, 0.15) is 5.60 Å². The van der Waals surface area contributed by atoms with Crippen molar-refractivity contribution in [1.82, 2.24) is 15.6 Å². The van der Waals surface area contributed by atoms with Crippen LogP contribution in [0.4, 0.5) is 4.79 Å². The van der Waals surface area contributed by atoms with Gasteiger partial charge in [-0.25, -0.2) is 9.78 Å². The van der Waals surface area contributed by atoms with E-state index < -0.39 is 5.60 Å². The molecule has 0 aromatic carbocycles. The van der Waals surface area contributed by atoms with Crippen LogP contribution in [0.25, 0.3) is 0 Å². The molecule has 1 fully saturated rings. The Morgan fingerprint density at radius 1 is 1.36 bits per heavy atom. The van der Waals surface area contributed by atoms with Crippen molar-refractivity contribution in [3.05, 3.63) is 16.1 Å². The van der Waals surface area contributed by atoms with Gasteiger partial charge in [0.05, 0.1) is 11.2 Å². The van der Waals surface area contributed by atoms with Crippen molar-refractivity contribution < 1.29 is 9.53 Å². The Hall–Kier alpha value is -1.14. The van der Waals surface area contributed by atoms with Crippen molar-refractivity contribution >= 4 is 17.4 Å². The first kappa shape index (κ1) is 20.2. The fourth-order valence-electron chi connectivity index (χ4n) is 3.53. The second kappa shape index (κ2) is 8.99. The summed E-state index contributed by atoms with van der Waals surface area (Å²) in [7, 11) is 0. The number of amides is 1. The van der Waals surface area contributed by atoms with Gasteiger partial charge in [0.25, 0.3) is 0 Å². The van der Waals surface area contributed by atoms with Crippen molar-refractivity contribution in [3.8, 4) is 0 Å². The minimum Gasteiger partial charge on any atom is -0.444 e. The molecule has 25 heavy (non-hydrogen) atoms. The van der Waals surface area contributed by atoms with Crippen molar-refractivity contribution in [2.75, 3.05) is 6.54 Å². The van der Waals surface area contributed by atoms with Crippen molar-refractivity contribution in [2.24, 2.45) is 5.92 Å². The predicted molar refractivity (Wildman–Crippen MR) is 103 cm³/mol. The number of carbonyl (C=O) groups excluding carboxylic acids is 1. The Kier molecular flexibility index (Phi) is 7.25. The Bertz CT molecular complexity index is 547. The lowest BCUT2D eigenvalue weighted by molar-refractivity contribution is 0.0514. The summed E-state index contributed by atoms with van der Waals surface area (Å²) in [4.78, 5) is 17.7. The molecule has 1 aromatic rings. The molecule has 6 heteroatoms. The van der Waals surface area contributed by atoms with Gasteiger partial charge in [-0.15, -0.1) is 11.3 Å². The maximum atomic E-state index is 12.0. The zero-order chi connectivity index (χ0) is 18.4. The third-order valence-electron chi connectivity index (χ3n) is 4.72. The number of alkyl carbamates (subject to hydrolysis) is 1. The van der Waals surface area contributed by atoms with Crippen LogP contribution in [-0.2, 0) is 4.74 Å². The monoisotopic (exact) mass is 367 g/mol. The third kappa shape index (κ3) is 6.59. The van der Waals surface area contributed by atoms with Crippen LogP contribution in [-0.4, -0.2) is 29.3 Å². The number of hydrogen-bond acceptors (Lipinski definition) is 5. The normalized spacial score (nSPS) is 18.6. The lowest BCUT2D eigenvalue weighted by atomic mass is 9.83. The molecule has 2 rings (SSSR count). The van der Waals surface area contributed by atoms with Gasteiger partial charge in [0.2, 0.25) is 0 Å². The van der Waals surface area contributed by atoms with Crippen molar-refractivity contribution in [2.45, 2.75) is 84.4 Å². The summed E-state index contributed by atoms with van der Waals surface area (Å²) >= 11 is 1.69. The van der Waals surface area contributed by atoms with E-state index in [1.807, 2.05) is 26.3 Å². The molecule has 2 N–H and O–H groups in total. The summed E-state index contributed by atoms with van der Waals surface area (Å²) in [6.07, 6.45) is 6.00. The molecule has 1 aliphatic carbocycles. The largest absolute Gasteiger partial charge is 0.444 e. The highest BCUT2D eigenvalue weighted by atomic mass is 32.1. The summed E-state index contributed by atoms with van der Waals surface area (Å²) in [6, 6.07) is 0.490. The summed E-state index contributed by atoms with van der Waals surface area (Å²) in [6.45, 7) is 10.5. The second-order valence-electron chi connectivity index (χ2n) is 8.08. The standard InChI is InChI=1S/C19H33N3O2S/c1-13-17(25-12-21-13)14(2)22-16(15-9-7-6-8-10-15)11-20-18(23)24-19(3,4)5/h12,14-16,22H,6-11H2,1-5H3,(H,20,23). The quantitative estimate of drug-likeness (QED) is 0.773. The number of nitrogens with zero attached hydrogens (tertiary/aromatic N) is 1. The number of aryl methyl sites for hydroxylation is 1.